The molecular weight excluding hydrogens is 391 g/mol. The molecule has 0 atom stereocenters. The molecule has 0 unspecified atom stereocenters. The molecule has 2 aromatic carbocycles. The Bertz CT molecular complexity index is 847. The molecule has 2 aromatic rings. The van der Waals surface area contributed by atoms with Crippen LogP contribution in [0.3, 0.4) is 0 Å². The van der Waals surface area contributed by atoms with Gasteiger partial charge in [0.1, 0.15) is 29.5 Å². The second-order valence-electron chi connectivity index (χ2n) is 7.03. The number of phenolic OH excluding ortho intramolecular Hbond substituents is 1. The zero-order chi connectivity index (χ0) is 21.7. The molecule has 0 aliphatic rings. The van der Waals surface area contributed by atoms with Crippen molar-refractivity contribution in [3.8, 4) is 28.4 Å². The van der Waals surface area contributed by atoms with Crippen molar-refractivity contribution in [2.45, 2.75) is 32.7 Å². The molecule has 29 heavy (non-hydrogen) atoms. The average Bonchev–Trinajstić information content (AvgIpc) is 2.56. The molecule has 0 aliphatic carbocycles. The molecule has 2 N–H and O–H groups in total. The number of carbonyl (C=O) groups excluding carboxylic acids is 1. The smallest absolute Gasteiger partial charge is 0.508 e. The van der Waals surface area contributed by atoms with Crippen molar-refractivity contribution in [3.63, 3.8) is 0 Å². The molecule has 1 amide bonds. The molecule has 0 fully saturated rings. The van der Waals surface area contributed by atoms with Gasteiger partial charge in [-0.2, -0.15) is 0 Å². The summed E-state index contributed by atoms with van der Waals surface area (Å²) in [5, 5.41) is 12.1. The van der Waals surface area contributed by atoms with Gasteiger partial charge in [0.25, 0.3) is 0 Å². The number of alkyl halides is 3. The van der Waals surface area contributed by atoms with Crippen LogP contribution in [0.25, 0.3) is 11.1 Å². The minimum absolute atomic E-state index is 0.0101. The number of amides is 1. The minimum Gasteiger partial charge on any atom is -0.508 e. The van der Waals surface area contributed by atoms with Crippen LogP contribution in [0.15, 0.2) is 42.5 Å². The number of aromatic hydroxyl groups is 1. The van der Waals surface area contributed by atoms with E-state index in [1.807, 2.05) is 0 Å². The monoisotopic (exact) mass is 413 g/mol. The lowest BCUT2D eigenvalue weighted by Crippen LogP contribution is -2.34. The summed E-state index contributed by atoms with van der Waals surface area (Å²) in [6.07, 6.45) is -5.52. The van der Waals surface area contributed by atoms with Gasteiger partial charge in [-0.3, -0.25) is 0 Å². The first-order chi connectivity index (χ1) is 13.4. The fourth-order valence-corrected chi connectivity index (χ4v) is 2.35. The fraction of sp³-hybridized carbons (Fsp3) is 0.350. The molecule has 0 saturated carbocycles. The topological polar surface area (TPSA) is 77.0 Å². The summed E-state index contributed by atoms with van der Waals surface area (Å²) in [5.74, 6) is -0.436. The molecular formula is C20H22F3NO5. The summed E-state index contributed by atoms with van der Waals surface area (Å²) < 4.78 is 53.0. The standard InChI is InChI=1S/C20H22F3NO5/c1-19(2,3)29-18(26)24-9-10-27-15-7-8-16(13-5-4-6-14(25)11-13)17(12-15)28-20(21,22)23/h4-8,11-12,25H,9-10H2,1-3H3,(H,24,26). The summed E-state index contributed by atoms with van der Waals surface area (Å²) in [6.45, 7) is 5.27. The summed E-state index contributed by atoms with van der Waals surface area (Å²) in [6, 6.07) is 9.74. The lowest BCUT2D eigenvalue weighted by atomic mass is 10.0. The van der Waals surface area contributed by atoms with Gasteiger partial charge in [-0.05, 0) is 50.6 Å². The molecule has 0 heterocycles. The highest BCUT2D eigenvalue weighted by Gasteiger charge is 2.32. The third kappa shape index (κ3) is 7.81. The van der Waals surface area contributed by atoms with Crippen LogP contribution in [-0.2, 0) is 4.74 Å². The second kappa shape index (κ2) is 8.93. The number of halogens is 3. The minimum atomic E-state index is -4.90. The predicted molar refractivity (Wildman–Crippen MR) is 100.0 cm³/mol. The van der Waals surface area contributed by atoms with Crippen molar-refractivity contribution in [1.29, 1.82) is 0 Å². The molecule has 0 bridgehead atoms. The van der Waals surface area contributed by atoms with Gasteiger partial charge in [-0.25, -0.2) is 4.79 Å². The number of alkyl carbamates (subject to hydrolysis) is 1. The number of phenols is 1. The van der Waals surface area contributed by atoms with E-state index in [2.05, 4.69) is 10.1 Å². The van der Waals surface area contributed by atoms with Gasteiger partial charge < -0.3 is 24.6 Å². The van der Waals surface area contributed by atoms with E-state index < -0.39 is 23.8 Å². The first-order valence-electron chi connectivity index (χ1n) is 8.72. The quantitative estimate of drug-likeness (QED) is 0.662. The van der Waals surface area contributed by atoms with E-state index in [-0.39, 0.29) is 30.2 Å². The highest BCUT2D eigenvalue weighted by Crippen LogP contribution is 2.37. The number of ether oxygens (including phenoxy) is 3. The Hall–Kier alpha value is -3.10. The third-order valence-corrected chi connectivity index (χ3v) is 3.37. The largest absolute Gasteiger partial charge is 0.573 e. The van der Waals surface area contributed by atoms with Crippen LogP contribution in [0.4, 0.5) is 18.0 Å². The predicted octanol–water partition coefficient (Wildman–Crippen LogP) is 4.86. The SMILES string of the molecule is CC(C)(C)OC(=O)NCCOc1ccc(-c2cccc(O)c2)c(OC(F)(F)F)c1. The van der Waals surface area contributed by atoms with Crippen LogP contribution < -0.4 is 14.8 Å². The Kier molecular flexibility index (Phi) is 6.84. The maximum Gasteiger partial charge on any atom is 0.573 e. The second-order valence-corrected chi connectivity index (χ2v) is 7.03. The number of nitrogens with one attached hydrogen (secondary N) is 1. The van der Waals surface area contributed by atoms with E-state index in [0.29, 0.717) is 5.56 Å². The van der Waals surface area contributed by atoms with E-state index in [9.17, 15) is 23.1 Å². The van der Waals surface area contributed by atoms with Crippen molar-refractivity contribution in [2.24, 2.45) is 0 Å². The van der Waals surface area contributed by atoms with Gasteiger partial charge >= 0.3 is 12.5 Å². The van der Waals surface area contributed by atoms with Crippen LogP contribution in [0.2, 0.25) is 0 Å². The lowest BCUT2D eigenvalue weighted by Gasteiger charge is -2.19. The molecule has 2 rings (SSSR count). The first kappa shape index (κ1) is 22.2. The number of rotatable bonds is 6. The van der Waals surface area contributed by atoms with Gasteiger partial charge in [0.2, 0.25) is 0 Å². The van der Waals surface area contributed by atoms with Crippen molar-refractivity contribution in [3.05, 3.63) is 42.5 Å². The summed E-state index contributed by atoms with van der Waals surface area (Å²) >= 11 is 0. The molecule has 158 valence electrons. The Labute approximate surface area is 166 Å². The van der Waals surface area contributed by atoms with Crippen LogP contribution >= 0.6 is 0 Å². The van der Waals surface area contributed by atoms with Crippen LogP contribution in [0.5, 0.6) is 17.2 Å². The molecule has 9 heteroatoms. The van der Waals surface area contributed by atoms with Gasteiger partial charge in [0, 0.05) is 11.6 Å². The Morgan fingerprint density at radius 1 is 1.10 bits per heavy atom. The molecule has 0 aromatic heterocycles. The van der Waals surface area contributed by atoms with Crippen molar-refractivity contribution >= 4 is 6.09 Å². The molecule has 0 saturated heterocycles. The fourth-order valence-electron chi connectivity index (χ4n) is 2.35. The highest BCUT2D eigenvalue weighted by atomic mass is 19.4. The number of benzene rings is 2. The van der Waals surface area contributed by atoms with E-state index in [1.165, 1.54) is 30.3 Å². The zero-order valence-corrected chi connectivity index (χ0v) is 16.2. The van der Waals surface area contributed by atoms with Gasteiger partial charge in [-0.15, -0.1) is 13.2 Å². The maximum atomic E-state index is 12.8. The van der Waals surface area contributed by atoms with Crippen molar-refractivity contribution < 1.29 is 37.3 Å². The van der Waals surface area contributed by atoms with Crippen LogP contribution in [0.1, 0.15) is 20.8 Å². The van der Waals surface area contributed by atoms with Gasteiger partial charge in [-0.1, -0.05) is 12.1 Å². The van der Waals surface area contributed by atoms with E-state index in [0.717, 1.165) is 6.07 Å². The Morgan fingerprint density at radius 3 is 2.45 bits per heavy atom. The normalized spacial score (nSPS) is 11.7. The number of carbonyl (C=O) groups is 1. The summed E-state index contributed by atoms with van der Waals surface area (Å²) in [7, 11) is 0. The summed E-state index contributed by atoms with van der Waals surface area (Å²) in [4.78, 5) is 11.6. The molecule has 0 aliphatic heterocycles. The Morgan fingerprint density at radius 2 is 1.83 bits per heavy atom. The van der Waals surface area contributed by atoms with Crippen molar-refractivity contribution in [1.82, 2.24) is 5.32 Å². The van der Waals surface area contributed by atoms with Crippen LogP contribution in [0, 0.1) is 0 Å². The van der Waals surface area contributed by atoms with Gasteiger partial charge in [0.15, 0.2) is 0 Å². The van der Waals surface area contributed by atoms with E-state index in [4.69, 9.17) is 9.47 Å². The highest BCUT2D eigenvalue weighted by molar-refractivity contribution is 5.72. The molecule has 6 nitrogen and oxygen atoms in total. The van der Waals surface area contributed by atoms with Crippen LogP contribution in [-0.4, -0.2) is 36.3 Å². The third-order valence-electron chi connectivity index (χ3n) is 3.37. The number of hydrogen-bond acceptors (Lipinski definition) is 5. The Balaban J connectivity index is 2.08. The number of hydrogen-bond donors (Lipinski definition) is 2. The van der Waals surface area contributed by atoms with Gasteiger partial charge in [0.05, 0.1) is 6.54 Å². The van der Waals surface area contributed by atoms with Crippen molar-refractivity contribution in [2.75, 3.05) is 13.2 Å². The molecule has 0 radical (unpaired) electrons. The van der Waals surface area contributed by atoms with E-state index in [1.54, 1.807) is 26.8 Å². The zero-order valence-electron chi connectivity index (χ0n) is 16.2. The lowest BCUT2D eigenvalue weighted by molar-refractivity contribution is -0.274. The molecule has 0 spiro atoms. The average molecular weight is 413 g/mol. The maximum absolute atomic E-state index is 12.8. The van der Waals surface area contributed by atoms with E-state index >= 15 is 0 Å². The summed E-state index contributed by atoms with van der Waals surface area (Å²) in [5.41, 5.74) is -0.156. The first-order valence-corrected chi connectivity index (χ1v) is 8.72.